The summed E-state index contributed by atoms with van der Waals surface area (Å²) < 4.78 is 5.34. The molecule has 1 aromatic carbocycles. The standard InChI is InChI=1S/C18H21NO3/c1-2-3-5-10-16-13-17(20)11-12-19(16)18(21)22-14-15-8-6-4-7-9-15/h2,4,6-9,11-12,16H,1,3,5,10,13-14H2/t16-/m1/s1. The van der Waals surface area contributed by atoms with Crippen LogP contribution in [0.2, 0.25) is 0 Å². The van der Waals surface area contributed by atoms with Crippen molar-refractivity contribution < 1.29 is 14.3 Å². The van der Waals surface area contributed by atoms with Crippen molar-refractivity contribution in [2.24, 2.45) is 0 Å². The molecule has 0 N–H and O–H groups in total. The predicted molar refractivity (Wildman–Crippen MR) is 85.1 cm³/mol. The number of amides is 1. The van der Waals surface area contributed by atoms with Gasteiger partial charge in [-0.1, -0.05) is 36.4 Å². The van der Waals surface area contributed by atoms with Crippen molar-refractivity contribution in [3.8, 4) is 0 Å². The summed E-state index contributed by atoms with van der Waals surface area (Å²) in [5.74, 6) is 0.0516. The van der Waals surface area contributed by atoms with Crippen LogP contribution >= 0.6 is 0 Å². The van der Waals surface area contributed by atoms with E-state index >= 15 is 0 Å². The van der Waals surface area contributed by atoms with Gasteiger partial charge in [-0.05, 0) is 30.9 Å². The number of hydrogen-bond donors (Lipinski definition) is 0. The Kier molecular flexibility index (Phi) is 5.95. The summed E-state index contributed by atoms with van der Waals surface area (Å²) in [6.45, 7) is 3.92. The van der Waals surface area contributed by atoms with E-state index in [1.165, 1.54) is 17.2 Å². The molecule has 4 heteroatoms. The first kappa shape index (κ1) is 16.0. The maximum absolute atomic E-state index is 12.2. The molecule has 1 aliphatic heterocycles. The largest absolute Gasteiger partial charge is 0.444 e. The van der Waals surface area contributed by atoms with Crippen LogP contribution in [0.25, 0.3) is 0 Å². The number of ether oxygens (including phenoxy) is 1. The zero-order valence-electron chi connectivity index (χ0n) is 12.6. The highest BCUT2D eigenvalue weighted by molar-refractivity contribution is 5.92. The van der Waals surface area contributed by atoms with Gasteiger partial charge in [0.05, 0.1) is 0 Å². The molecule has 0 bridgehead atoms. The summed E-state index contributed by atoms with van der Waals surface area (Å²) in [7, 11) is 0. The third kappa shape index (κ3) is 4.58. The first-order valence-electron chi connectivity index (χ1n) is 7.51. The number of ketones is 1. The lowest BCUT2D eigenvalue weighted by Crippen LogP contribution is -2.40. The van der Waals surface area contributed by atoms with Gasteiger partial charge in [0, 0.05) is 18.7 Å². The molecule has 0 unspecified atom stereocenters. The molecule has 1 atom stereocenters. The van der Waals surface area contributed by atoms with Gasteiger partial charge < -0.3 is 4.74 Å². The summed E-state index contributed by atoms with van der Waals surface area (Å²) in [5, 5.41) is 0. The van der Waals surface area contributed by atoms with Gasteiger partial charge in [0.2, 0.25) is 0 Å². The van der Waals surface area contributed by atoms with Gasteiger partial charge in [-0.2, -0.15) is 0 Å². The highest BCUT2D eigenvalue weighted by Crippen LogP contribution is 2.20. The van der Waals surface area contributed by atoms with Crippen molar-refractivity contribution in [2.45, 2.75) is 38.3 Å². The van der Waals surface area contributed by atoms with Crippen LogP contribution in [0.15, 0.2) is 55.3 Å². The van der Waals surface area contributed by atoms with Crippen molar-refractivity contribution in [1.82, 2.24) is 4.90 Å². The molecular weight excluding hydrogens is 278 g/mol. The van der Waals surface area contributed by atoms with Gasteiger partial charge in [-0.25, -0.2) is 4.79 Å². The summed E-state index contributed by atoms with van der Waals surface area (Å²) in [6.07, 6.45) is 7.32. The average molecular weight is 299 g/mol. The van der Waals surface area contributed by atoms with Crippen LogP contribution in [0.5, 0.6) is 0 Å². The normalized spacial score (nSPS) is 17.4. The predicted octanol–water partition coefficient (Wildman–Crippen LogP) is 3.84. The molecule has 4 nitrogen and oxygen atoms in total. The lowest BCUT2D eigenvalue weighted by Gasteiger charge is -2.30. The Morgan fingerprint density at radius 2 is 2.14 bits per heavy atom. The average Bonchev–Trinajstić information content (AvgIpc) is 2.54. The van der Waals surface area contributed by atoms with E-state index in [2.05, 4.69) is 6.58 Å². The third-order valence-corrected chi connectivity index (χ3v) is 3.61. The Balaban J connectivity index is 1.93. The molecule has 1 amide bonds. The molecule has 0 radical (unpaired) electrons. The highest BCUT2D eigenvalue weighted by Gasteiger charge is 2.27. The molecule has 1 aromatic rings. The number of unbranched alkanes of at least 4 members (excludes halogenated alkanes) is 1. The van der Waals surface area contributed by atoms with Crippen LogP contribution in [0, 0.1) is 0 Å². The van der Waals surface area contributed by atoms with Crippen LogP contribution in [0.1, 0.15) is 31.2 Å². The second kappa shape index (κ2) is 8.17. The van der Waals surface area contributed by atoms with Crippen molar-refractivity contribution in [1.29, 1.82) is 0 Å². The van der Waals surface area contributed by atoms with Crippen LogP contribution in [-0.4, -0.2) is 22.8 Å². The first-order valence-corrected chi connectivity index (χ1v) is 7.51. The van der Waals surface area contributed by atoms with Crippen molar-refractivity contribution in [3.63, 3.8) is 0 Å². The number of carbonyl (C=O) groups is 2. The van der Waals surface area contributed by atoms with E-state index in [1.54, 1.807) is 0 Å². The lowest BCUT2D eigenvalue weighted by atomic mass is 10.00. The smallest absolute Gasteiger partial charge is 0.414 e. The third-order valence-electron chi connectivity index (χ3n) is 3.61. The zero-order valence-corrected chi connectivity index (χ0v) is 12.6. The zero-order chi connectivity index (χ0) is 15.8. The van der Waals surface area contributed by atoms with Gasteiger partial charge >= 0.3 is 6.09 Å². The Morgan fingerprint density at radius 1 is 1.36 bits per heavy atom. The topological polar surface area (TPSA) is 46.6 Å². The molecule has 0 saturated carbocycles. The van der Waals surface area contributed by atoms with E-state index in [9.17, 15) is 9.59 Å². The molecule has 0 spiro atoms. The number of benzene rings is 1. The monoisotopic (exact) mass is 299 g/mol. The maximum atomic E-state index is 12.2. The fourth-order valence-corrected chi connectivity index (χ4v) is 2.43. The molecule has 22 heavy (non-hydrogen) atoms. The van der Waals surface area contributed by atoms with E-state index in [-0.39, 0.29) is 18.4 Å². The first-order chi connectivity index (χ1) is 10.7. The molecule has 2 rings (SSSR count). The Hall–Kier alpha value is -2.36. The van der Waals surface area contributed by atoms with Gasteiger partial charge in [0.1, 0.15) is 6.61 Å². The highest BCUT2D eigenvalue weighted by atomic mass is 16.6. The molecular formula is C18H21NO3. The molecule has 0 fully saturated rings. The minimum Gasteiger partial charge on any atom is -0.444 e. The van der Waals surface area contributed by atoms with E-state index in [0.717, 1.165) is 24.8 Å². The molecule has 0 aromatic heterocycles. The molecule has 0 aliphatic carbocycles. The number of hydrogen-bond acceptors (Lipinski definition) is 3. The Bertz CT molecular complexity index is 551. The maximum Gasteiger partial charge on any atom is 0.414 e. The summed E-state index contributed by atoms with van der Waals surface area (Å²) in [5.41, 5.74) is 0.941. The number of allylic oxidation sites excluding steroid dienone is 2. The van der Waals surface area contributed by atoms with Gasteiger partial charge in [-0.3, -0.25) is 9.69 Å². The SMILES string of the molecule is C=CCCC[C@@H]1CC(=O)C=CN1C(=O)OCc1ccccc1. The minimum atomic E-state index is -0.406. The van der Waals surface area contributed by atoms with Crippen molar-refractivity contribution in [3.05, 3.63) is 60.8 Å². The Morgan fingerprint density at radius 3 is 2.86 bits per heavy atom. The lowest BCUT2D eigenvalue weighted by molar-refractivity contribution is -0.116. The fourth-order valence-electron chi connectivity index (χ4n) is 2.43. The molecule has 1 aliphatic rings. The number of rotatable bonds is 6. The van der Waals surface area contributed by atoms with Crippen molar-refractivity contribution in [2.75, 3.05) is 0 Å². The quantitative estimate of drug-likeness (QED) is 0.592. The molecule has 1 heterocycles. The number of nitrogens with zero attached hydrogens (tertiary/aromatic N) is 1. The second-order valence-electron chi connectivity index (χ2n) is 5.31. The summed E-state index contributed by atoms with van der Waals surface area (Å²) in [4.78, 5) is 25.3. The fraction of sp³-hybridized carbons (Fsp3) is 0.333. The van der Waals surface area contributed by atoms with Crippen LogP contribution in [0.4, 0.5) is 4.79 Å². The van der Waals surface area contributed by atoms with E-state index < -0.39 is 6.09 Å². The van der Waals surface area contributed by atoms with E-state index in [1.807, 2.05) is 36.4 Å². The van der Waals surface area contributed by atoms with E-state index in [4.69, 9.17) is 4.74 Å². The van der Waals surface area contributed by atoms with Crippen LogP contribution in [-0.2, 0) is 16.1 Å². The van der Waals surface area contributed by atoms with Crippen molar-refractivity contribution >= 4 is 11.9 Å². The summed E-state index contributed by atoms with van der Waals surface area (Å²) in [6, 6.07) is 9.41. The van der Waals surface area contributed by atoms with Gasteiger partial charge in [0.15, 0.2) is 5.78 Å². The van der Waals surface area contributed by atoms with Crippen LogP contribution < -0.4 is 0 Å². The second-order valence-corrected chi connectivity index (χ2v) is 5.31. The van der Waals surface area contributed by atoms with Gasteiger partial charge in [0.25, 0.3) is 0 Å². The molecule has 116 valence electrons. The summed E-state index contributed by atoms with van der Waals surface area (Å²) >= 11 is 0. The Labute approximate surface area is 131 Å². The number of carbonyl (C=O) groups excluding carboxylic acids is 2. The molecule has 0 saturated heterocycles. The minimum absolute atomic E-state index is 0.0516. The van der Waals surface area contributed by atoms with E-state index in [0.29, 0.717) is 6.42 Å². The van der Waals surface area contributed by atoms with Crippen LogP contribution in [0.3, 0.4) is 0 Å². The van der Waals surface area contributed by atoms with Gasteiger partial charge in [-0.15, -0.1) is 6.58 Å².